The van der Waals surface area contributed by atoms with Gasteiger partial charge in [0.05, 0.1) is 39.1 Å². The minimum atomic E-state index is -0.380. The molecule has 5 heteroatoms. The highest BCUT2D eigenvalue weighted by Gasteiger charge is 2.51. The molecule has 252 valence electrons. The Hall–Kier alpha value is -4.36. The first kappa shape index (κ1) is 34.5. The molecule has 5 nitrogen and oxygen atoms in total. The van der Waals surface area contributed by atoms with Crippen LogP contribution in [0.5, 0.6) is 0 Å². The lowest BCUT2D eigenvalue weighted by Gasteiger charge is -2.53. The van der Waals surface area contributed by atoms with E-state index in [-0.39, 0.29) is 30.4 Å². The number of piperidine rings is 1. The van der Waals surface area contributed by atoms with E-state index in [0.717, 1.165) is 28.7 Å². The van der Waals surface area contributed by atoms with E-state index in [1.807, 2.05) is 30.3 Å². The Bertz CT molecular complexity index is 1630. The van der Waals surface area contributed by atoms with Gasteiger partial charge in [0.15, 0.2) is 0 Å². The van der Waals surface area contributed by atoms with Gasteiger partial charge in [0.2, 0.25) is 0 Å². The van der Waals surface area contributed by atoms with Crippen LogP contribution in [-0.4, -0.2) is 41.9 Å². The van der Waals surface area contributed by atoms with E-state index in [1.54, 1.807) is 0 Å². The molecule has 0 aliphatic carbocycles. The topological polar surface area (TPSA) is 40.2 Å². The summed E-state index contributed by atoms with van der Waals surface area (Å²) < 4.78 is 27.5. The lowest BCUT2D eigenvalue weighted by atomic mass is 9.85. The molecule has 6 rings (SSSR count). The average Bonchev–Trinajstić information content (AvgIpc) is 3.16. The Morgan fingerprint density at radius 2 is 0.816 bits per heavy atom. The Morgan fingerprint density at radius 1 is 0.449 bits per heavy atom. The van der Waals surface area contributed by atoms with E-state index in [1.165, 1.54) is 5.56 Å². The van der Waals surface area contributed by atoms with Crippen LogP contribution < -0.4 is 0 Å². The van der Waals surface area contributed by atoms with Crippen molar-refractivity contribution in [2.45, 2.75) is 69.8 Å². The molecule has 5 aromatic carbocycles. The second kappa shape index (κ2) is 18.4. The molecule has 0 aromatic heterocycles. The van der Waals surface area contributed by atoms with Crippen molar-refractivity contribution in [1.82, 2.24) is 4.90 Å². The van der Waals surface area contributed by atoms with Gasteiger partial charge in [0, 0.05) is 12.6 Å². The SMILES string of the molecule is C=CCC1[C@H](OCc2ccccc2)[C@@H](OCc2ccccc2)[C@@H](OCc2ccccc2)[C@H](COCc2ccccc2)N1Cc1ccccc1. The predicted molar refractivity (Wildman–Crippen MR) is 196 cm³/mol. The van der Waals surface area contributed by atoms with Gasteiger partial charge in [-0.15, -0.1) is 6.58 Å². The summed E-state index contributed by atoms with van der Waals surface area (Å²) in [5.41, 5.74) is 5.69. The number of benzene rings is 5. The summed E-state index contributed by atoms with van der Waals surface area (Å²) in [6.07, 6.45) is 1.68. The zero-order valence-corrected chi connectivity index (χ0v) is 28.1. The second-order valence-electron chi connectivity index (χ2n) is 12.6. The monoisotopic (exact) mass is 653 g/mol. The molecule has 5 aromatic rings. The summed E-state index contributed by atoms with van der Waals surface area (Å²) in [6, 6.07) is 51.8. The van der Waals surface area contributed by atoms with E-state index in [0.29, 0.717) is 39.6 Å². The molecule has 1 saturated heterocycles. The van der Waals surface area contributed by atoms with E-state index < -0.39 is 0 Å². The number of hydrogen-bond acceptors (Lipinski definition) is 5. The highest BCUT2D eigenvalue weighted by Crippen LogP contribution is 2.36. The molecular weight excluding hydrogens is 606 g/mol. The number of rotatable bonds is 17. The Balaban J connectivity index is 1.39. The molecule has 0 saturated carbocycles. The first-order chi connectivity index (χ1) is 24.3. The number of nitrogens with zero attached hydrogens (tertiary/aromatic N) is 1. The van der Waals surface area contributed by atoms with Crippen LogP contribution in [0.25, 0.3) is 0 Å². The van der Waals surface area contributed by atoms with Gasteiger partial charge in [-0.05, 0) is 34.2 Å². The lowest BCUT2D eigenvalue weighted by molar-refractivity contribution is -0.230. The molecule has 0 N–H and O–H groups in total. The van der Waals surface area contributed by atoms with Gasteiger partial charge >= 0.3 is 0 Å². The molecule has 49 heavy (non-hydrogen) atoms. The summed E-state index contributed by atoms with van der Waals surface area (Å²) in [5.74, 6) is 0. The van der Waals surface area contributed by atoms with Crippen molar-refractivity contribution in [1.29, 1.82) is 0 Å². The molecule has 0 radical (unpaired) electrons. The molecule has 0 spiro atoms. The van der Waals surface area contributed by atoms with Crippen LogP contribution in [-0.2, 0) is 51.9 Å². The average molecular weight is 654 g/mol. The maximum atomic E-state index is 7.01. The van der Waals surface area contributed by atoms with Crippen molar-refractivity contribution in [3.8, 4) is 0 Å². The minimum Gasteiger partial charge on any atom is -0.375 e. The molecule has 1 aliphatic heterocycles. The second-order valence-corrected chi connectivity index (χ2v) is 12.6. The van der Waals surface area contributed by atoms with Crippen LogP contribution in [0.4, 0.5) is 0 Å². The Morgan fingerprint density at radius 3 is 1.24 bits per heavy atom. The maximum Gasteiger partial charge on any atom is 0.113 e. The van der Waals surface area contributed by atoms with Crippen molar-refractivity contribution >= 4 is 0 Å². The van der Waals surface area contributed by atoms with Crippen LogP contribution in [0.1, 0.15) is 34.2 Å². The molecule has 5 atom stereocenters. The largest absolute Gasteiger partial charge is 0.375 e. The Kier molecular flexibility index (Phi) is 13.0. The van der Waals surface area contributed by atoms with Crippen molar-refractivity contribution in [3.63, 3.8) is 0 Å². The summed E-state index contributed by atoms with van der Waals surface area (Å²) in [5, 5.41) is 0. The zero-order valence-electron chi connectivity index (χ0n) is 28.1. The van der Waals surface area contributed by atoms with Gasteiger partial charge in [0.1, 0.15) is 18.3 Å². The van der Waals surface area contributed by atoms with E-state index >= 15 is 0 Å². The van der Waals surface area contributed by atoms with Gasteiger partial charge in [-0.2, -0.15) is 0 Å². The van der Waals surface area contributed by atoms with Gasteiger partial charge in [-0.3, -0.25) is 4.90 Å². The van der Waals surface area contributed by atoms with Crippen LogP contribution in [0, 0.1) is 0 Å². The van der Waals surface area contributed by atoms with Crippen LogP contribution in [0.3, 0.4) is 0 Å². The zero-order chi connectivity index (χ0) is 33.5. The third-order valence-corrected chi connectivity index (χ3v) is 9.13. The fourth-order valence-corrected chi connectivity index (χ4v) is 6.68. The van der Waals surface area contributed by atoms with Crippen molar-refractivity contribution in [2.24, 2.45) is 0 Å². The first-order valence-corrected chi connectivity index (χ1v) is 17.3. The predicted octanol–water partition coefficient (Wildman–Crippen LogP) is 8.79. The van der Waals surface area contributed by atoms with Crippen LogP contribution in [0.2, 0.25) is 0 Å². The van der Waals surface area contributed by atoms with E-state index in [2.05, 4.69) is 139 Å². The summed E-state index contributed by atoms with van der Waals surface area (Å²) in [6.45, 7) is 7.24. The minimum absolute atomic E-state index is 0.0379. The van der Waals surface area contributed by atoms with Gasteiger partial charge in [-0.25, -0.2) is 0 Å². The number of likely N-dealkylation sites (tertiary alicyclic amines) is 1. The van der Waals surface area contributed by atoms with Gasteiger partial charge in [-0.1, -0.05) is 158 Å². The van der Waals surface area contributed by atoms with Crippen molar-refractivity contribution in [3.05, 3.63) is 192 Å². The lowest BCUT2D eigenvalue weighted by Crippen LogP contribution is -2.68. The molecular formula is C44H47NO4. The summed E-state index contributed by atoms with van der Waals surface area (Å²) in [7, 11) is 0. The molecule has 1 heterocycles. The van der Waals surface area contributed by atoms with Gasteiger partial charge in [0.25, 0.3) is 0 Å². The van der Waals surface area contributed by atoms with Gasteiger partial charge < -0.3 is 18.9 Å². The quantitative estimate of drug-likeness (QED) is 0.0939. The molecule has 1 unspecified atom stereocenters. The fraction of sp³-hybridized carbons (Fsp3) is 0.273. The summed E-state index contributed by atoms with van der Waals surface area (Å²) >= 11 is 0. The highest BCUT2D eigenvalue weighted by atomic mass is 16.6. The summed E-state index contributed by atoms with van der Waals surface area (Å²) in [4.78, 5) is 2.52. The number of ether oxygens (including phenoxy) is 4. The molecule has 1 fully saturated rings. The van der Waals surface area contributed by atoms with E-state index in [4.69, 9.17) is 18.9 Å². The van der Waals surface area contributed by atoms with Crippen LogP contribution >= 0.6 is 0 Å². The fourth-order valence-electron chi connectivity index (χ4n) is 6.68. The maximum absolute atomic E-state index is 7.01. The van der Waals surface area contributed by atoms with E-state index in [9.17, 15) is 0 Å². The van der Waals surface area contributed by atoms with Crippen molar-refractivity contribution < 1.29 is 18.9 Å². The first-order valence-electron chi connectivity index (χ1n) is 17.3. The number of hydrogen-bond donors (Lipinski definition) is 0. The third-order valence-electron chi connectivity index (χ3n) is 9.13. The molecule has 1 aliphatic rings. The third kappa shape index (κ3) is 9.85. The highest BCUT2D eigenvalue weighted by molar-refractivity contribution is 5.19. The Labute approximate surface area is 291 Å². The standard InChI is InChI=1S/C44H47NO4/c1-2-18-40-42(47-31-37-23-12-5-13-24-37)44(49-33-39-27-16-7-17-28-39)43(48-32-38-25-14-6-15-26-38)41(34-46-30-36-21-10-4-11-22-36)45(40)29-35-19-8-3-9-20-35/h2-17,19-28,40-44H,1,18,29-34H2/t40?,41-,42-,43-,44+/m0/s1. The molecule has 0 amide bonds. The normalized spacial score (nSPS) is 20.9. The van der Waals surface area contributed by atoms with Crippen LogP contribution in [0.15, 0.2) is 164 Å². The molecule has 0 bridgehead atoms. The smallest absolute Gasteiger partial charge is 0.113 e. The van der Waals surface area contributed by atoms with Crippen molar-refractivity contribution in [2.75, 3.05) is 6.61 Å².